The zero-order valence-electron chi connectivity index (χ0n) is 14.2. The number of aromatic nitrogens is 1. The summed E-state index contributed by atoms with van der Waals surface area (Å²) in [6.45, 7) is 0. The van der Waals surface area contributed by atoms with E-state index in [1.165, 1.54) is 22.0 Å². The van der Waals surface area contributed by atoms with Crippen molar-refractivity contribution >= 4 is 29.1 Å². The molecule has 8 heteroatoms. The predicted octanol–water partition coefficient (Wildman–Crippen LogP) is 1.97. The standard InChI is InChI=1S/C19H14N4O3S/c1-23-17(24)15(10-16-20-13-8-4-5-9-14(13)21-16)27-19(23)22-12-7-3-2-6-11(12)18(25)26/h2-10,24H,1H3,(H,25,26). The second-order valence-electron chi connectivity index (χ2n) is 5.78. The Balaban J connectivity index is 1.81. The molecule has 0 aliphatic carbocycles. The molecule has 0 amide bonds. The highest BCUT2D eigenvalue weighted by Crippen LogP contribution is 2.24. The van der Waals surface area contributed by atoms with Crippen molar-refractivity contribution in [3.63, 3.8) is 0 Å². The van der Waals surface area contributed by atoms with Crippen molar-refractivity contribution in [3.8, 4) is 5.88 Å². The third kappa shape index (κ3) is 3.18. The number of aromatic hydroxyl groups is 1. The average Bonchev–Trinajstić information content (AvgIpc) is 3.18. The summed E-state index contributed by atoms with van der Waals surface area (Å²) in [5.41, 5.74) is 0.422. The van der Waals surface area contributed by atoms with Gasteiger partial charge in [0.1, 0.15) is 0 Å². The topological polar surface area (TPSA) is 99.5 Å². The van der Waals surface area contributed by atoms with Crippen LogP contribution in [0.15, 0.2) is 69.3 Å². The summed E-state index contributed by atoms with van der Waals surface area (Å²) in [5.74, 6) is -0.548. The zero-order valence-corrected chi connectivity index (χ0v) is 15.0. The number of hydrogen-bond donors (Lipinski definition) is 2. The maximum atomic E-state index is 11.4. The van der Waals surface area contributed by atoms with E-state index in [1.807, 2.05) is 24.3 Å². The van der Waals surface area contributed by atoms with Crippen LogP contribution in [0, 0.1) is 0 Å². The number of nitrogens with zero attached hydrogens (tertiary/aromatic N) is 4. The third-order valence-corrected chi connectivity index (χ3v) is 5.06. The molecule has 0 unspecified atom stereocenters. The van der Waals surface area contributed by atoms with Crippen LogP contribution < -0.4 is 15.5 Å². The molecule has 4 rings (SSSR count). The molecule has 0 saturated carbocycles. The van der Waals surface area contributed by atoms with Crippen molar-refractivity contribution in [2.75, 3.05) is 0 Å². The Morgan fingerprint density at radius 2 is 1.74 bits per heavy atom. The van der Waals surface area contributed by atoms with Gasteiger partial charge in [0.05, 0.1) is 26.8 Å². The molecule has 0 fully saturated rings. The van der Waals surface area contributed by atoms with E-state index in [0.29, 0.717) is 21.2 Å². The SMILES string of the molecule is Cn1c(O)c(C=C2N=c3ccccc3=N2)sc1=Nc1ccccc1C(=O)O. The first-order chi connectivity index (χ1) is 13.0. The number of fused-ring (bicyclic) bond motifs is 1. The molecule has 1 aliphatic heterocycles. The van der Waals surface area contributed by atoms with Crippen LogP contribution in [0.1, 0.15) is 15.2 Å². The van der Waals surface area contributed by atoms with E-state index in [2.05, 4.69) is 15.0 Å². The Hall–Kier alpha value is -3.52. The van der Waals surface area contributed by atoms with Gasteiger partial charge in [-0.2, -0.15) is 0 Å². The zero-order chi connectivity index (χ0) is 19.0. The van der Waals surface area contributed by atoms with Gasteiger partial charge in [0.25, 0.3) is 0 Å². The highest BCUT2D eigenvalue weighted by atomic mass is 32.1. The summed E-state index contributed by atoms with van der Waals surface area (Å²) >= 11 is 1.22. The fourth-order valence-corrected chi connectivity index (χ4v) is 3.58. The van der Waals surface area contributed by atoms with E-state index in [9.17, 15) is 15.0 Å². The van der Waals surface area contributed by atoms with Crippen LogP contribution >= 0.6 is 11.3 Å². The fraction of sp³-hybridized carbons (Fsp3) is 0.0526. The number of hydrogen-bond acceptors (Lipinski definition) is 6. The molecule has 2 N–H and O–H groups in total. The van der Waals surface area contributed by atoms with Crippen molar-refractivity contribution < 1.29 is 15.0 Å². The molecule has 1 aliphatic rings. The van der Waals surface area contributed by atoms with Crippen molar-refractivity contribution in [1.82, 2.24) is 4.57 Å². The summed E-state index contributed by atoms with van der Waals surface area (Å²) in [5, 5.41) is 21.3. The number of aromatic carboxylic acids is 1. The van der Waals surface area contributed by atoms with Gasteiger partial charge >= 0.3 is 5.97 Å². The Labute approximate surface area is 157 Å². The number of thiazole rings is 1. The molecule has 2 aromatic carbocycles. The molecule has 2 heterocycles. The van der Waals surface area contributed by atoms with Gasteiger partial charge in [-0.3, -0.25) is 4.57 Å². The highest BCUT2D eigenvalue weighted by molar-refractivity contribution is 7.10. The number of carbonyl (C=O) groups is 1. The molecule has 0 saturated heterocycles. The van der Waals surface area contributed by atoms with E-state index in [1.54, 1.807) is 31.3 Å². The quantitative estimate of drug-likeness (QED) is 0.729. The van der Waals surface area contributed by atoms with Gasteiger partial charge in [0.2, 0.25) is 5.88 Å². The summed E-state index contributed by atoms with van der Waals surface area (Å²) in [4.78, 5) is 25.6. The maximum Gasteiger partial charge on any atom is 0.337 e. The first-order valence-electron chi connectivity index (χ1n) is 8.03. The molecule has 3 aromatic rings. The predicted molar refractivity (Wildman–Crippen MR) is 100 cm³/mol. The van der Waals surface area contributed by atoms with Gasteiger partial charge in [-0.05, 0) is 24.3 Å². The number of para-hydroxylation sites is 3. The van der Waals surface area contributed by atoms with Gasteiger partial charge in [0.15, 0.2) is 10.6 Å². The Bertz CT molecular complexity index is 1250. The Morgan fingerprint density at radius 1 is 1.11 bits per heavy atom. The minimum atomic E-state index is -1.05. The summed E-state index contributed by atoms with van der Waals surface area (Å²) in [7, 11) is 1.66. The average molecular weight is 378 g/mol. The smallest absolute Gasteiger partial charge is 0.337 e. The number of carboxylic acid groups (broad SMARTS) is 1. The van der Waals surface area contributed by atoms with Crippen LogP contribution in [0.3, 0.4) is 0 Å². The van der Waals surface area contributed by atoms with Gasteiger partial charge in [-0.1, -0.05) is 35.6 Å². The lowest BCUT2D eigenvalue weighted by Gasteiger charge is -1.99. The van der Waals surface area contributed by atoms with Gasteiger partial charge in [-0.25, -0.2) is 19.8 Å². The second-order valence-corrected chi connectivity index (χ2v) is 6.79. The first kappa shape index (κ1) is 16.9. The molecule has 27 heavy (non-hydrogen) atoms. The van der Waals surface area contributed by atoms with Crippen LogP contribution in [0.5, 0.6) is 5.88 Å². The molecule has 0 radical (unpaired) electrons. The van der Waals surface area contributed by atoms with Crippen LogP contribution in [-0.2, 0) is 7.05 Å². The summed E-state index contributed by atoms with van der Waals surface area (Å²) in [6, 6.07) is 14.0. The summed E-state index contributed by atoms with van der Waals surface area (Å²) < 4.78 is 1.50. The third-order valence-electron chi connectivity index (χ3n) is 3.99. The lowest BCUT2D eigenvalue weighted by atomic mass is 10.2. The first-order valence-corrected chi connectivity index (χ1v) is 8.84. The molecule has 0 spiro atoms. The minimum Gasteiger partial charge on any atom is -0.493 e. The van der Waals surface area contributed by atoms with E-state index in [0.717, 1.165) is 10.7 Å². The van der Waals surface area contributed by atoms with Crippen molar-refractivity contribution in [2.45, 2.75) is 0 Å². The lowest BCUT2D eigenvalue weighted by molar-refractivity contribution is 0.0698. The van der Waals surface area contributed by atoms with Crippen LogP contribution in [0.2, 0.25) is 0 Å². The molecule has 7 nitrogen and oxygen atoms in total. The van der Waals surface area contributed by atoms with E-state index in [4.69, 9.17) is 0 Å². The number of benzene rings is 2. The molecule has 1 aromatic heterocycles. The molecular weight excluding hydrogens is 364 g/mol. The van der Waals surface area contributed by atoms with Crippen molar-refractivity contribution in [1.29, 1.82) is 0 Å². The minimum absolute atomic E-state index is 0.0143. The summed E-state index contributed by atoms with van der Waals surface area (Å²) in [6.07, 6.45) is 1.68. The number of rotatable bonds is 3. The van der Waals surface area contributed by atoms with E-state index >= 15 is 0 Å². The Kier molecular flexibility index (Phi) is 4.17. The van der Waals surface area contributed by atoms with Gasteiger partial charge < -0.3 is 10.2 Å². The normalized spacial score (nSPS) is 13.1. The van der Waals surface area contributed by atoms with Gasteiger partial charge in [-0.15, -0.1) is 0 Å². The molecule has 134 valence electrons. The van der Waals surface area contributed by atoms with Crippen molar-refractivity contribution in [2.24, 2.45) is 22.0 Å². The lowest BCUT2D eigenvalue weighted by Crippen LogP contribution is -2.19. The Morgan fingerprint density at radius 3 is 2.41 bits per heavy atom. The van der Waals surface area contributed by atoms with Crippen LogP contribution in [0.25, 0.3) is 6.08 Å². The molecular formula is C19H14N4O3S. The van der Waals surface area contributed by atoms with E-state index in [-0.39, 0.29) is 11.4 Å². The number of carboxylic acids is 1. The molecule has 0 atom stereocenters. The second kappa shape index (κ2) is 6.65. The monoisotopic (exact) mass is 378 g/mol. The van der Waals surface area contributed by atoms with E-state index < -0.39 is 5.97 Å². The van der Waals surface area contributed by atoms with Crippen LogP contribution in [0.4, 0.5) is 5.69 Å². The fourth-order valence-electron chi connectivity index (χ4n) is 2.62. The highest BCUT2D eigenvalue weighted by Gasteiger charge is 2.12. The largest absolute Gasteiger partial charge is 0.493 e. The molecule has 0 bridgehead atoms. The van der Waals surface area contributed by atoms with Gasteiger partial charge in [0, 0.05) is 13.1 Å². The maximum absolute atomic E-state index is 11.4. The van der Waals surface area contributed by atoms with Crippen molar-refractivity contribution in [3.05, 3.63) is 80.3 Å². The van der Waals surface area contributed by atoms with Crippen LogP contribution in [-0.4, -0.2) is 20.7 Å².